The first kappa shape index (κ1) is 69.7. The second-order valence-corrected chi connectivity index (χ2v) is 21.0. The molecule has 1 fully saturated rings. The molecular formula is C63H110O12. The Morgan fingerprint density at radius 1 is 0.453 bits per heavy atom. The van der Waals surface area contributed by atoms with Crippen molar-refractivity contribution in [2.45, 2.75) is 314 Å². The maximum Gasteiger partial charge on any atom is 0.335 e. The van der Waals surface area contributed by atoms with Crippen LogP contribution in [0.2, 0.25) is 0 Å². The fourth-order valence-corrected chi connectivity index (χ4v) is 9.24. The van der Waals surface area contributed by atoms with Gasteiger partial charge in [0.2, 0.25) is 0 Å². The zero-order chi connectivity index (χ0) is 54.7. The van der Waals surface area contributed by atoms with Crippen LogP contribution in [0.1, 0.15) is 278 Å². The average molecular weight is 1060 g/mol. The lowest BCUT2D eigenvalue weighted by molar-refractivity contribution is -0.301. The largest absolute Gasteiger partial charge is 0.479 e. The zero-order valence-corrected chi connectivity index (χ0v) is 47.8. The average Bonchev–Trinajstić information content (AvgIpc) is 3.39. The molecule has 1 aliphatic rings. The highest BCUT2D eigenvalue weighted by atomic mass is 16.7. The third-order valence-corrected chi connectivity index (χ3v) is 13.9. The van der Waals surface area contributed by atoms with Gasteiger partial charge in [-0.05, 0) is 57.8 Å². The first-order valence-electron chi connectivity index (χ1n) is 30.6. The van der Waals surface area contributed by atoms with Gasteiger partial charge in [0, 0.05) is 19.3 Å². The van der Waals surface area contributed by atoms with Crippen molar-refractivity contribution in [1.29, 1.82) is 0 Å². The number of hydrogen-bond donors (Lipinski definition) is 3. The predicted octanol–water partition coefficient (Wildman–Crippen LogP) is 15.8. The van der Waals surface area contributed by atoms with Gasteiger partial charge in [0.1, 0.15) is 18.8 Å². The second-order valence-electron chi connectivity index (χ2n) is 21.0. The Balaban J connectivity index is 2.65. The monoisotopic (exact) mass is 1060 g/mol. The summed E-state index contributed by atoms with van der Waals surface area (Å²) in [7, 11) is 0. The number of hydrogen-bond acceptors (Lipinski definition) is 11. The molecule has 1 saturated heterocycles. The first-order chi connectivity index (χ1) is 36.6. The highest BCUT2D eigenvalue weighted by Gasteiger charge is 2.50. The highest BCUT2D eigenvalue weighted by Crippen LogP contribution is 2.27. The van der Waals surface area contributed by atoms with Crippen LogP contribution in [-0.2, 0) is 42.9 Å². The standard InChI is InChI=1S/C63H110O12/c1-4-7-10-13-16-19-22-24-26-27-28-29-31-33-36-39-42-45-48-51-57(66)74-61-59(68)58(67)60(62(69)70)75-63(61)72-53-54(73-56(65)50-47-44-41-38-34-21-18-15-12-9-6-3)52-71-55(64)49-46-43-40-37-35-32-30-25-23-20-17-14-11-8-5-2/h8,11,17,20,25,30,35,37,54,58-61,63,67-68H,4-7,9-10,12-16,18-19,21-24,26-29,31-34,36,38-53H2,1-3H3,(H,69,70)/b11-8-,20-17-,30-25-,37-35-. The Morgan fingerprint density at radius 2 is 0.840 bits per heavy atom. The van der Waals surface area contributed by atoms with Crippen LogP contribution in [-0.4, -0.2) is 89.2 Å². The Kier molecular flexibility index (Phi) is 47.8. The van der Waals surface area contributed by atoms with E-state index in [-0.39, 0.29) is 25.9 Å². The number of ether oxygens (including phenoxy) is 5. The Labute approximate surface area is 456 Å². The van der Waals surface area contributed by atoms with Crippen molar-refractivity contribution in [2.24, 2.45) is 0 Å². The summed E-state index contributed by atoms with van der Waals surface area (Å²) < 4.78 is 28.4. The molecule has 0 radical (unpaired) electrons. The molecule has 3 N–H and O–H groups in total. The molecule has 0 aromatic rings. The SMILES string of the molecule is CC/C=C\C/C=C\C/C=C\C/C=C\CCCCC(=O)OCC(COC1OC(C(=O)O)C(O)C(O)C1OC(=O)CCCCCCCCCCCCCCCCCCCCC)OC(=O)CCCCCCCCCCCCC. The minimum absolute atomic E-state index is 0.0614. The molecule has 12 nitrogen and oxygen atoms in total. The van der Waals surface area contributed by atoms with Crippen LogP contribution in [0.5, 0.6) is 0 Å². The van der Waals surface area contributed by atoms with Gasteiger partial charge < -0.3 is 39.0 Å². The minimum Gasteiger partial charge on any atom is -0.479 e. The quantitative estimate of drug-likeness (QED) is 0.0228. The normalized spacial score (nSPS) is 18.4. The van der Waals surface area contributed by atoms with E-state index in [1.54, 1.807) is 0 Å². The Hall–Kier alpha value is -3.32. The van der Waals surface area contributed by atoms with E-state index in [0.717, 1.165) is 83.5 Å². The van der Waals surface area contributed by atoms with E-state index in [1.165, 1.54) is 135 Å². The summed E-state index contributed by atoms with van der Waals surface area (Å²) in [5.74, 6) is -3.15. The number of carbonyl (C=O) groups excluding carboxylic acids is 3. The lowest BCUT2D eigenvalue weighted by Gasteiger charge is -2.40. The Bertz CT molecular complexity index is 1490. The molecule has 0 spiro atoms. The third-order valence-electron chi connectivity index (χ3n) is 13.9. The van der Waals surface area contributed by atoms with Gasteiger partial charge in [-0.1, -0.05) is 249 Å². The van der Waals surface area contributed by atoms with Crippen LogP contribution in [0.15, 0.2) is 48.6 Å². The second kappa shape index (κ2) is 51.4. The fraction of sp³-hybridized carbons (Fsp3) is 0.810. The number of aliphatic hydroxyl groups is 2. The van der Waals surface area contributed by atoms with Gasteiger partial charge in [-0.2, -0.15) is 0 Å². The molecule has 12 heteroatoms. The van der Waals surface area contributed by atoms with Gasteiger partial charge in [-0.3, -0.25) is 14.4 Å². The molecule has 0 aromatic heterocycles. The van der Waals surface area contributed by atoms with E-state index >= 15 is 0 Å². The number of aliphatic hydroxyl groups excluding tert-OH is 2. The van der Waals surface area contributed by atoms with Gasteiger partial charge in [0.15, 0.2) is 24.6 Å². The molecule has 6 atom stereocenters. The predicted molar refractivity (Wildman–Crippen MR) is 303 cm³/mol. The number of allylic oxidation sites excluding steroid dienone is 8. The van der Waals surface area contributed by atoms with Crippen molar-refractivity contribution in [2.75, 3.05) is 13.2 Å². The molecular weight excluding hydrogens is 949 g/mol. The van der Waals surface area contributed by atoms with Crippen LogP contribution in [0.4, 0.5) is 0 Å². The summed E-state index contributed by atoms with van der Waals surface area (Å²) in [6, 6.07) is 0. The maximum atomic E-state index is 13.1. The highest BCUT2D eigenvalue weighted by molar-refractivity contribution is 5.74. The zero-order valence-electron chi connectivity index (χ0n) is 47.8. The maximum absolute atomic E-state index is 13.1. The van der Waals surface area contributed by atoms with Crippen molar-refractivity contribution in [3.63, 3.8) is 0 Å². The number of unbranched alkanes of at least 4 members (excludes halogenated alkanes) is 30. The third kappa shape index (κ3) is 41.5. The van der Waals surface area contributed by atoms with Crippen LogP contribution in [0.25, 0.3) is 0 Å². The molecule has 1 heterocycles. The first-order valence-corrected chi connectivity index (χ1v) is 30.6. The van der Waals surface area contributed by atoms with E-state index in [2.05, 4.69) is 69.4 Å². The molecule has 1 aliphatic heterocycles. The Morgan fingerprint density at radius 3 is 1.28 bits per heavy atom. The van der Waals surface area contributed by atoms with Gasteiger partial charge in [0.25, 0.3) is 0 Å². The van der Waals surface area contributed by atoms with E-state index in [1.807, 2.05) is 0 Å². The summed E-state index contributed by atoms with van der Waals surface area (Å²) in [5, 5.41) is 31.5. The summed E-state index contributed by atoms with van der Waals surface area (Å²) in [5.41, 5.74) is 0. The van der Waals surface area contributed by atoms with Crippen LogP contribution >= 0.6 is 0 Å². The number of carboxylic acid groups (broad SMARTS) is 1. The number of carboxylic acids is 1. The molecule has 0 saturated carbocycles. The van der Waals surface area contributed by atoms with Gasteiger partial charge in [-0.25, -0.2) is 4.79 Å². The number of carbonyl (C=O) groups is 4. The molecule has 0 aliphatic carbocycles. The van der Waals surface area contributed by atoms with Crippen molar-refractivity contribution < 1.29 is 58.2 Å². The molecule has 1 rings (SSSR count). The minimum atomic E-state index is -1.90. The van der Waals surface area contributed by atoms with E-state index in [0.29, 0.717) is 19.3 Å². The summed E-state index contributed by atoms with van der Waals surface area (Å²) in [6.45, 7) is 5.86. The smallest absolute Gasteiger partial charge is 0.335 e. The number of aliphatic carboxylic acids is 1. The molecule has 0 amide bonds. The van der Waals surface area contributed by atoms with Crippen LogP contribution < -0.4 is 0 Å². The molecule has 0 aromatic carbocycles. The van der Waals surface area contributed by atoms with Crippen molar-refractivity contribution >= 4 is 23.9 Å². The lowest BCUT2D eigenvalue weighted by atomic mass is 9.98. The van der Waals surface area contributed by atoms with Gasteiger partial charge in [-0.15, -0.1) is 0 Å². The van der Waals surface area contributed by atoms with E-state index in [9.17, 15) is 34.5 Å². The topological polar surface area (TPSA) is 175 Å². The van der Waals surface area contributed by atoms with Crippen molar-refractivity contribution in [1.82, 2.24) is 0 Å². The number of esters is 3. The fourth-order valence-electron chi connectivity index (χ4n) is 9.24. The van der Waals surface area contributed by atoms with Crippen molar-refractivity contribution in [3.05, 3.63) is 48.6 Å². The van der Waals surface area contributed by atoms with Crippen LogP contribution in [0.3, 0.4) is 0 Å². The van der Waals surface area contributed by atoms with Crippen LogP contribution in [0, 0.1) is 0 Å². The van der Waals surface area contributed by atoms with Crippen molar-refractivity contribution in [3.8, 4) is 0 Å². The van der Waals surface area contributed by atoms with E-state index < -0.39 is 67.3 Å². The molecule has 6 unspecified atom stereocenters. The van der Waals surface area contributed by atoms with E-state index in [4.69, 9.17) is 23.7 Å². The number of rotatable bonds is 52. The molecule has 0 bridgehead atoms. The molecule has 434 valence electrons. The molecule has 75 heavy (non-hydrogen) atoms. The van der Waals surface area contributed by atoms with Gasteiger partial charge in [0.05, 0.1) is 6.61 Å². The summed E-state index contributed by atoms with van der Waals surface area (Å²) in [6.07, 6.45) is 49.5. The lowest BCUT2D eigenvalue weighted by Crippen LogP contribution is -2.61. The van der Waals surface area contributed by atoms with Gasteiger partial charge >= 0.3 is 23.9 Å². The summed E-state index contributed by atoms with van der Waals surface area (Å²) in [4.78, 5) is 51.1. The summed E-state index contributed by atoms with van der Waals surface area (Å²) >= 11 is 0.